The van der Waals surface area contributed by atoms with Crippen molar-refractivity contribution in [2.24, 2.45) is 0 Å². The first-order chi connectivity index (χ1) is 13.1. The van der Waals surface area contributed by atoms with Crippen molar-refractivity contribution in [1.82, 2.24) is 9.97 Å². The maximum absolute atomic E-state index is 12.4. The number of hydrogen-bond donors (Lipinski definition) is 2. The number of thiophene rings is 1. The lowest BCUT2D eigenvalue weighted by Crippen LogP contribution is -2.13. The van der Waals surface area contributed by atoms with E-state index < -0.39 is 0 Å². The predicted octanol–water partition coefficient (Wildman–Crippen LogP) is 4.39. The van der Waals surface area contributed by atoms with Gasteiger partial charge in [0, 0.05) is 17.1 Å². The van der Waals surface area contributed by atoms with Crippen molar-refractivity contribution in [2.75, 3.05) is 11.1 Å². The molecule has 0 bridgehead atoms. The van der Waals surface area contributed by atoms with E-state index in [4.69, 9.17) is 11.6 Å². The van der Waals surface area contributed by atoms with Crippen LogP contribution in [0.4, 0.5) is 5.69 Å². The van der Waals surface area contributed by atoms with Gasteiger partial charge in [0.15, 0.2) is 0 Å². The van der Waals surface area contributed by atoms with E-state index in [1.165, 1.54) is 10.4 Å². The number of aromatic nitrogens is 2. The average molecular weight is 420 g/mol. The predicted molar refractivity (Wildman–Crippen MR) is 113 cm³/mol. The molecule has 0 radical (unpaired) electrons. The van der Waals surface area contributed by atoms with Crippen LogP contribution in [0.3, 0.4) is 0 Å². The number of carbonyl (C=O) groups is 1. The van der Waals surface area contributed by atoms with Crippen molar-refractivity contribution < 1.29 is 4.79 Å². The molecule has 2 N–H and O–H groups in total. The first-order valence-corrected chi connectivity index (χ1v) is 11.1. The van der Waals surface area contributed by atoms with Gasteiger partial charge in [-0.15, -0.1) is 11.3 Å². The summed E-state index contributed by atoms with van der Waals surface area (Å²) in [5.41, 5.74) is 1.78. The molecule has 3 aromatic rings. The molecule has 0 saturated heterocycles. The van der Waals surface area contributed by atoms with E-state index >= 15 is 0 Å². The van der Waals surface area contributed by atoms with Crippen molar-refractivity contribution in [3.05, 3.63) is 55.9 Å². The van der Waals surface area contributed by atoms with Gasteiger partial charge in [0.25, 0.3) is 5.56 Å². The molecule has 1 aromatic carbocycles. The molecule has 4 rings (SSSR count). The van der Waals surface area contributed by atoms with E-state index in [0.29, 0.717) is 34.5 Å². The van der Waals surface area contributed by atoms with Crippen LogP contribution in [0.1, 0.15) is 29.1 Å². The summed E-state index contributed by atoms with van der Waals surface area (Å²) in [6, 6.07) is 7.16. The molecule has 140 valence electrons. The highest BCUT2D eigenvalue weighted by molar-refractivity contribution is 7.98. The van der Waals surface area contributed by atoms with Gasteiger partial charge in [0.2, 0.25) is 5.91 Å². The number of rotatable bonds is 6. The molecule has 8 heteroatoms. The lowest BCUT2D eigenvalue weighted by molar-refractivity contribution is -0.115. The number of anilines is 1. The Morgan fingerprint density at radius 3 is 3.04 bits per heavy atom. The van der Waals surface area contributed by atoms with Crippen LogP contribution in [0, 0.1) is 0 Å². The molecule has 1 aliphatic carbocycles. The van der Waals surface area contributed by atoms with Gasteiger partial charge < -0.3 is 10.3 Å². The van der Waals surface area contributed by atoms with Crippen LogP contribution in [0.15, 0.2) is 29.1 Å². The number of halogens is 1. The van der Waals surface area contributed by atoms with E-state index in [0.717, 1.165) is 29.5 Å². The van der Waals surface area contributed by atoms with Crippen molar-refractivity contribution in [1.29, 1.82) is 0 Å². The minimum absolute atomic E-state index is 0.0357. The van der Waals surface area contributed by atoms with E-state index in [1.54, 1.807) is 35.2 Å². The molecular formula is C19H18ClN3O2S2. The summed E-state index contributed by atoms with van der Waals surface area (Å²) in [4.78, 5) is 34.1. The van der Waals surface area contributed by atoms with Gasteiger partial charge in [-0.3, -0.25) is 9.59 Å². The second kappa shape index (κ2) is 8.04. The van der Waals surface area contributed by atoms with Crippen molar-refractivity contribution in [2.45, 2.75) is 31.4 Å². The van der Waals surface area contributed by atoms with Gasteiger partial charge in [-0.2, -0.15) is 11.8 Å². The maximum atomic E-state index is 12.4. The van der Waals surface area contributed by atoms with Gasteiger partial charge >= 0.3 is 0 Å². The molecule has 5 nitrogen and oxygen atoms in total. The number of aromatic amines is 1. The molecule has 0 saturated carbocycles. The van der Waals surface area contributed by atoms with Crippen LogP contribution in [0.25, 0.3) is 10.2 Å². The fraction of sp³-hybridized carbons (Fsp3) is 0.316. The van der Waals surface area contributed by atoms with Crippen LogP contribution in [-0.4, -0.2) is 21.6 Å². The molecule has 1 amide bonds. The Kier molecular flexibility index (Phi) is 5.52. The number of thioether (sulfide) groups is 1. The lowest BCUT2D eigenvalue weighted by Gasteiger charge is -2.06. The number of aryl methyl sites for hydroxylation is 2. The third-order valence-corrected chi connectivity index (χ3v) is 6.97. The Balaban J connectivity index is 1.32. The minimum atomic E-state index is -0.0813. The Hall–Kier alpha value is -1.83. The van der Waals surface area contributed by atoms with E-state index in [-0.39, 0.29) is 11.5 Å². The largest absolute Gasteiger partial charge is 0.325 e. The molecular weight excluding hydrogens is 402 g/mol. The third-order valence-electron chi connectivity index (χ3n) is 4.48. The molecule has 0 fully saturated rings. The maximum Gasteiger partial charge on any atom is 0.259 e. The van der Waals surface area contributed by atoms with Gasteiger partial charge in [-0.1, -0.05) is 23.7 Å². The first kappa shape index (κ1) is 18.5. The third kappa shape index (κ3) is 4.05. The van der Waals surface area contributed by atoms with Crippen LogP contribution < -0.4 is 10.9 Å². The monoisotopic (exact) mass is 419 g/mol. The number of hydrogen-bond acceptors (Lipinski definition) is 5. The van der Waals surface area contributed by atoms with Crippen LogP contribution in [0.2, 0.25) is 5.02 Å². The zero-order valence-electron chi connectivity index (χ0n) is 14.5. The van der Waals surface area contributed by atoms with Crippen molar-refractivity contribution in [3.63, 3.8) is 0 Å². The van der Waals surface area contributed by atoms with E-state index in [2.05, 4.69) is 15.3 Å². The Morgan fingerprint density at radius 2 is 2.19 bits per heavy atom. The molecule has 2 aromatic heterocycles. The van der Waals surface area contributed by atoms with Gasteiger partial charge in [-0.05, 0) is 37.0 Å². The normalized spacial score (nSPS) is 13.1. The van der Waals surface area contributed by atoms with Crippen LogP contribution in [-0.2, 0) is 23.4 Å². The fourth-order valence-electron chi connectivity index (χ4n) is 3.22. The van der Waals surface area contributed by atoms with E-state index in [1.807, 2.05) is 12.1 Å². The van der Waals surface area contributed by atoms with E-state index in [9.17, 15) is 9.59 Å². The molecule has 2 heterocycles. The summed E-state index contributed by atoms with van der Waals surface area (Å²) >= 11 is 9.26. The molecule has 0 spiro atoms. The summed E-state index contributed by atoms with van der Waals surface area (Å²) in [6.45, 7) is 0. The number of benzene rings is 1. The van der Waals surface area contributed by atoms with Crippen LogP contribution in [0.5, 0.6) is 0 Å². The number of para-hydroxylation sites is 1. The lowest BCUT2D eigenvalue weighted by atomic mass is 10.2. The topological polar surface area (TPSA) is 74.8 Å². The SMILES string of the molecule is O=C(CCSCc1nc2sc3c(c2c(=O)[nH]1)CCC3)Nc1ccccc1Cl. The summed E-state index contributed by atoms with van der Waals surface area (Å²) < 4.78 is 0. The second-order valence-corrected chi connectivity index (χ2v) is 8.98. The Labute approximate surface area is 169 Å². The average Bonchev–Trinajstić information content (AvgIpc) is 3.21. The standard InChI is InChI=1S/C19H18ClN3O2S2/c20-12-5-1-2-6-13(12)21-16(24)8-9-26-10-15-22-18(25)17-11-4-3-7-14(11)27-19(17)23-15/h1-2,5-6H,3-4,7-10H2,(H,21,24)(H,22,23,25). The van der Waals surface area contributed by atoms with Crippen molar-refractivity contribution >= 4 is 56.5 Å². The highest BCUT2D eigenvalue weighted by atomic mass is 35.5. The number of nitrogens with one attached hydrogen (secondary N) is 2. The summed E-state index contributed by atoms with van der Waals surface area (Å²) in [7, 11) is 0. The Bertz CT molecular complexity index is 1060. The second-order valence-electron chi connectivity index (χ2n) is 6.38. The first-order valence-electron chi connectivity index (χ1n) is 8.77. The highest BCUT2D eigenvalue weighted by Gasteiger charge is 2.21. The summed E-state index contributed by atoms with van der Waals surface area (Å²) in [5, 5.41) is 4.11. The quantitative estimate of drug-likeness (QED) is 0.581. The number of H-pyrrole nitrogens is 1. The summed E-state index contributed by atoms with van der Waals surface area (Å²) in [6.07, 6.45) is 3.54. The van der Waals surface area contributed by atoms with Crippen LogP contribution >= 0.6 is 34.7 Å². The number of nitrogens with zero attached hydrogens (tertiary/aromatic N) is 1. The highest BCUT2D eigenvalue weighted by Crippen LogP contribution is 2.34. The summed E-state index contributed by atoms with van der Waals surface area (Å²) in [5.74, 6) is 1.80. The molecule has 0 aliphatic heterocycles. The van der Waals surface area contributed by atoms with Gasteiger partial charge in [0.1, 0.15) is 10.7 Å². The van der Waals surface area contributed by atoms with Crippen molar-refractivity contribution in [3.8, 4) is 0 Å². The fourth-order valence-corrected chi connectivity index (χ4v) is 5.49. The van der Waals surface area contributed by atoms with Gasteiger partial charge in [0.05, 0.1) is 21.8 Å². The molecule has 0 unspecified atom stereocenters. The molecule has 0 atom stereocenters. The molecule has 1 aliphatic rings. The number of fused-ring (bicyclic) bond motifs is 3. The number of carbonyl (C=O) groups excluding carboxylic acids is 1. The Morgan fingerprint density at radius 1 is 1.33 bits per heavy atom. The minimum Gasteiger partial charge on any atom is -0.325 e. The number of amides is 1. The zero-order valence-corrected chi connectivity index (χ0v) is 16.9. The smallest absolute Gasteiger partial charge is 0.259 e. The van der Waals surface area contributed by atoms with Gasteiger partial charge in [-0.25, -0.2) is 4.98 Å². The molecule has 27 heavy (non-hydrogen) atoms. The zero-order chi connectivity index (χ0) is 18.8.